The van der Waals surface area contributed by atoms with Gasteiger partial charge in [0.1, 0.15) is 0 Å². The zero-order valence-corrected chi connectivity index (χ0v) is 12.6. The maximum atomic E-state index is 11.7. The quantitative estimate of drug-likeness (QED) is 0.679. The van der Waals surface area contributed by atoms with Gasteiger partial charge in [-0.15, -0.1) is 0 Å². The summed E-state index contributed by atoms with van der Waals surface area (Å²) in [6.07, 6.45) is 1.55. The minimum Gasteiger partial charge on any atom is -0.381 e. The molecular weight excluding hydrogens is 294 g/mol. The molecular formula is C17H17N3O3. The third-order valence-electron chi connectivity index (χ3n) is 3.90. The summed E-state index contributed by atoms with van der Waals surface area (Å²) in [7, 11) is 0. The molecule has 1 aliphatic heterocycles. The van der Waals surface area contributed by atoms with E-state index in [1.165, 1.54) is 12.1 Å². The summed E-state index contributed by atoms with van der Waals surface area (Å²) in [5, 5.41) is 13.8. The lowest BCUT2D eigenvalue weighted by Crippen LogP contribution is -2.23. The molecule has 0 aromatic heterocycles. The van der Waals surface area contributed by atoms with Crippen molar-refractivity contribution in [2.45, 2.75) is 19.4 Å². The number of nitrogens with one attached hydrogen (secondary N) is 1. The Morgan fingerprint density at radius 3 is 2.35 bits per heavy atom. The number of nitro benzene ring substituents is 1. The highest BCUT2D eigenvalue weighted by Gasteiger charge is 2.21. The smallest absolute Gasteiger partial charge is 0.269 e. The summed E-state index contributed by atoms with van der Waals surface area (Å²) in [6, 6.07) is 14.2. The van der Waals surface area contributed by atoms with E-state index in [1.54, 1.807) is 12.1 Å². The minimum absolute atomic E-state index is 0.0789. The summed E-state index contributed by atoms with van der Waals surface area (Å²) in [6.45, 7) is 1.41. The van der Waals surface area contributed by atoms with Crippen molar-refractivity contribution in [1.29, 1.82) is 0 Å². The number of non-ortho nitro benzene ring substituents is 1. The van der Waals surface area contributed by atoms with E-state index in [2.05, 4.69) is 5.32 Å². The van der Waals surface area contributed by atoms with Crippen LogP contribution in [0.15, 0.2) is 48.5 Å². The molecule has 0 spiro atoms. The van der Waals surface area contributed by atoms with E-state index in [0.717, 1.165) is 29.9 Å². The summed E-state index contributed by atoms with van der Waals surface area (Å²) in [5.74, 6) is 0.182. The lowest BCUT2D eigenvalue weighted by atomic mass is 10.2. The molecule has 0 atom stereocenters. The van der Waals surface area contributed by atoms with Crippen LogP contribution in [0.4, 0.5) is 17.1 Å². The molecule has 3 rings (SSSR count). The number of nitro groups is 1. The van der Waals surface area contributed by atoms with Crippen LogP contribution in [0.1, 0.15) is 18.4 Å². The van der Waals surface area contributed by atoms with Gasteiger partial charge in [-0.05, 0) is 36.2 Å². The Morgan fingerprint density at radius 2 is 1.78 bits per heavy atom. The molecule has 2 aromatic rings. The van der Waals surface area contributed by atoms with Crippen LogP contribution in [0.3, 0.4) is 0 Å². The minimum atomic E-state index is -0.415. The number of hydrogen-bond donors (Lipinski definition) is 1. The van der Waals surface area contributed by atoms with E-state index in [-0.39, 0.29) is 11.6 Å². The van der Waals surface area contributed by atoms with Gasteiger partial charge >= 0.3 is 0 Å². The SMILES string of the molecule is O=C1CCCN1c1ccc(CNc2ccc([N+](=O)[O-])cc2)cc1. The molecule has 2 aromatic carbocycles. The number of carbonyl (C=O) groups excluding carboxylic acids is 1. The molecule has 118 valence electrons. The number of rotatable bonds is 5. The van der Waals surface area contributed by atoms with Crippen molar-refractivity contribution in [1.82, 2.24) is 0 Å². The van der Waals surface area contributed by atoms with Crippen LogP contribution in [-0.4, -0.2) is 17.4 Å². The Morgan fingerprint density at radius 1 is 1.09 bits per heavy atom. The summed E-state index contributed by atoms with van der Waals surface area (Å²) < 4.78 is 0. The maximum Gasteiger partial charge on any atom is 0.269 e. The Hall–Kier alpha value is -2.89. The highest BCUT2D eigenvalue weighted by atomic mass is 16.6. The summed E-state index contributed by atoms with van der Waals surface area (Å²) in [4.78, 5) is 23.7. The van der Waals surface area contributed by atoms with E-state index >= 15 is 0 Å². The number of amides is 1. The Labute approximate surface area is 133 Å². The number of benzene rings is 2. The van der Waals surface area contributed by atoms with Gasteiger partial charge in [-0.3, -0.25) is 14.9 Å². The molecule has 0 aliphatic carbocycles. The average molecular weight is 311 g/mol. The molecule has 1 heterocycles. The fraction of sp³-hybridized carbons (Fsp3) is 0.235. The second kappa shape index (κ2) is 6.48. The molecule has 23 heavy (non-hydrogen) atoms. The van der Waals surface area contributed by atoms with Crippen LogP contribution in [-0.2, 0) is 11.3 Å². The van der Waals surface area contributed by atoms with Crippen LogP contribution >= 0.6 is 0 Å². The van der Waals surface area contributed by atoms with Crippen LogP contribution < -0.4 is 10.2 Å². The van der Waals surface area contributed by atoms with E-state index in [4.69, 9.17) is 0 Å². The van der Waals surface area contributed by atoms with Crippen LogP contribution in [0.25, 0.3) is 0 Å². The second-order valence-electron chi connectivity index (χ2n) is 5.47. The number of nitrogens with zero attached hydrogens (tertiary/aromatic N) is 2. The number of hydrogen-bond acceptors (Lipinski definition) is 4. The van der Waals surface area contributed by atoms with Crippen molar-refractivity contribution in [3.63, 3.8) is 0 Å². The molecule has 6 nitrogen and oxygen atoms in total. The van der Waals surface area contributed by atoms with Gasteiger partial charge in [0.25, 0.3) is 5.69 Å². The van der Waals surface area contributed by atoms with Crippen molar-refractivity contribution in [3.05, 3.63) is 64.2 Å². The van der Waals surface area contributed by atoms with Gasteiger partial charge in [0.15, 0.2) is 0 Å². The van der Waals surface area contributed by atoms with Gasteiger partial charge in [-0.1, -0.05) is 12.1 Å². The Kier molecular flexibility index (Phi) is 4.23. The zero-order chi connectivity index (χ0) is 16.2. The molecule has 1 aliphatic rings. The van der Waals surface area contributed by atoms with Gasteiger partial charge in [-0.2, -0.15) is 0 Å². The zero-order valence-electron chi connectivity index (χ0n) is 12.6. The highest BCUT2D eigenvalue weighted by Crippen LogP contribution is 2.22. The van der Waals surface area contributed by atoms with Gasteiger partial charge in [0.2, 0.25) is 5.91 Å². The monoisotopic (exact) mass is 311 g/mol. The molecule has 0 bridgehead atoms. The fourth-order valence-electron chi connectivity index (χ4n) is 2.62. The van der Waals surface area contributed by atoms with Crippen LogP contribution in [0.2, 0.25) is 0 Å². The van der Waals surface area contributed by atoms with Gasteiger partial charge in [0, 0.05) is 43.0 Å². The van der Waals surface area contributed by atoms with Crippen molar-refractivity contribution < 1.29 is 9.72 Å². The van der Waals surface area contributed by atoms with Crippen molar-refractivity contribution >= 4 is 23.0 Å². The standard InChI is InChI=1S/C17H17N3O3/c21-17-2-1-11-19(17)15-7-3-13(4-8-15)12-18-14-5-9-16(10-6-14)20(22)23/h3-10,18H,1-2,11-12H2. The van der Waals surface area contributed by atoms with E-state index in [9.17, 15) is 14.9 Å². The summed E-state index contributed by atoms with van der Waals surface area (Å²) in [5.41, 5.74) is 2.93. The third-order valence-corrected chi connectivity index (χ3v) is 3.90. The molecule has 1 saturated heterocycles. The maximum absolute atomic E-state index is 11.7. The topological polar surface area (TPSA) is 75.5 Å². The van der Waals surface area contributed by atoms with E-state index in [1.807, 2.05) is 29.2 Å². The third kappa shape index (κ3) is 3.48. The molecule has 0 saturated carbocycles. The molecule has 0 unspecified atom stereocenters. The van der Waals surface area contributed by atoms with Gasteiger partial charge in [-0.25, -0.2) is 0 Å². The molecule has 0 radical (unpaired) electrons. The van der Waals surface area contributed by atoms with Crippen LogP contribution in [0.5, 0.6) is 0 Å². The fourth-order valence-corrected chi connectivity index (χ4v) is 2.62. The predicted molar refractivity (Wildman–Crippen MR) is 88.5 cm³/mol. The van der Waals surface area contributed by atoms with Crippen molar-refractivity contribution in [2.24, 2.45) is 0 Å². The van der Waals surface area contributed by atoms with Crippen LogP contribution in [0, 0.1) is 10.1 Å². The Bertz CT molecular complexity index is 711. The average Bonchev–Trinajstić information content (AvgIpc) is 3.00. The van der Waals surface area contributed by atoms with E-state index in [0.29, 0.717) is 13.0 Å². The van der Waals surface area contributed by atoms with Crippen molar-refractivity contribution in [3.8, 4) is 0 Å². The largest absolute Gasteiger partial charge is 0.381 e. The number of anilines is 2. The van der Waals surface area contributed by atoms with Gasteiger partial charge in [0.05, 0.1) is 4.92 Å². The first kappa shape index (κ1) is 15.0. The first-order valence-corrected chi connectivity index (χ1v) is 7.51. The lowest BCUT2D eigenvalue weighted by molar-refractivity contribution is -0.384. The molecule has 1 fully saturated rings. The molecule has 6 heteroatoms. The van der Waals surface area contributed by atoms with E-state index < -0.39 is 4.92 Å². The Balaban J connectivity index is 1.60. The van der Waals surface area contributed by atoms with Gasteiger partial charge < -0.3 is 10.2 Å². The first-order chi connectivity index (χ1) is 11.1. The molecule has 1 N–H and O–H groups in total. The van der Waals surface area contributed by atoms with Crippen molar-refractivity contribution in [2.75, 3.05) is 16.8 Å². The first-order valence-electron chi connectivity index (χ1n) is 7.51. The number of carbonyl (C=O) groups is 1. The normalized spacial score (nSPS) is 14.1. The summed E-state index contributed by atoms with van der Waals surface area (Å²) >= 11 is 0. The lowest BCUT2D eigenvalue weighted by Gasteiger charge is -2.16. The molecule has 1 amide bonds. The highest BCUT2D eigenvalue weighted by molar-refractivity contribution is 5.95. The second-order valence-corrected chi connectivity index (χ2v) is 5.47. The predicted octanol–water partition coefficient (Wildman–Crippen LogP) is 3.33.